The van der Waals surface area contributed by atoms with Crippen molar-refractivity contribution in [3.63, 3.8) is 0 Å². The Morgan fingerprint density at radius 3 is 2.00 bits per heavy atom. The van der Waals surface area contributed by atoms with Crippen LogP contribution < -0.4 is 0 Å². The summed E-state index contributed by atoms with van der Waals surface area (Å²) in [6, 6.07) is 0.0903. The Bertz CT molecular complexity index is 92.4. The molecule has 0 heterocycles. The Balaban J connectivity index is 3.64. The summed E-state index contributed by atoms with van der Waals surface area (Å²) in [5.74, 6) is 0. The Morgan fingerprint density at radius 1 is 1.62 bits per heavy atom. The minimum Gasteiger partial charge on any atom is -0.288 e. The summed E-state index contributed by atoms with van der Waals surface area (Å²) in [7, 11) is 0. The van der Waals surface area contributed by atoms with Crippen LogP contribution in [-0.2, 0) is 0 Å². The molecule has 0 radical (unpaired) electrons. The van der Waals surface area contributed by atoms with Gasteiger partial charge in [-0.25, -0.2) is 5.06 Å². The summed E-state index contributed by atoms with van der Waals surface area (Å²) >= 11 is 4.67. The Morgan fingerprint density at radius 2 is 2.00 bits per heavy atom. The van der Waals surface area contributed by atoms with Gasteiger partial charge >= 0.3 is 0 Å². The van der Waals surface area contributed by atoms with Gasteiger partial charge in [-0.1, -0.05) is 12.2 Å². The molecule has 0 rings (SSSR count). The van der Waals surface area contributed by atoms with Crippen molar-refractivity contribution in [3.8, 4) is 0 Å². The predicted molar refractivity (Wildman–Crippen MR) is 37.0 cm³/mol. The molecule has 0 aliphatic heterocycles. The summed E-state index contributed by atoms with van der Waals surface area (Å²) < 4.78 is 0. The topological polar surface area (TPSA) is 23.5 Å². The summed E-state index contributed by atoms with van der Waals surface area (Å²) in [4.78, 5) is 0.514. The molecule has 0 unspecified atom stereocenters. The molecule has 0 saturated heterocycles. The smallest absolute Gasteiger partial charge is 0.101 e. The van der Waals surface area contributed by atoms with Gasteiger partial charge in [0.05, 0.1) is 6.04 Å². The van der Waals surface area contributed by atoms with Crippen LogP contribution in [0.3, 0.4) is 0 Å². The van der Waals surface area contributed by atoms with E-state index in [1.807, 2.05) is 13.8 Å². The molecule has 2 nitrogen and oxygen atoms in total. The summed E-state index contributed by atoms with van der Waals surface area (Å²) in [6.45, 7) is 5.43. The quantitative estimate of drug-likeness (QED) is 0.432. The molecule has 0 aliphatic carbocycles. The van der Waals surface area contributed by atoms with Gasteiger partial charge in [-0.15, -0.1) is 0 Å². The minimum absolute atomic E-state index is 0.0903. The number of thiocarbonyl (C=S) groups is 1. The Hall–Kier alpha value is -0.150. The molecule has 3 heteroatoms. The molecular formula is C5H11NOS. The van der Waals surface area contributed by atoms with E-state index in [2.05, 4.69) is 12.2 Å². The SMILES string of the molecule is CC(=S)N(O)C(C)C. The van der Waals surface area contributed by atoms with E-state index in [4.69, 9.17) is 5.21 Å². The lowest BCUT2D eigenvalue weighted by Gasteiger charge is -2.18. The van der Waals surface area contributed by atoms with Gasteiger partial charge in [0, 0.05) is 0 Å². The first kappa shape index (κ1) is 7.85. The third-order valence-electron chi connectivity index (χ3n) is 0.812. The van der Waals surface area contributed by atoms with Gasteiger partial charge in [-0.3, -0.25) is 5.21 Å². The van der Waals surface area contributed by atoms with Gasteiger partial charge in [0.2, 0.25) is 0 Å². The van der Waals surface area contributed by atoms with Crippen LogP contribution in [-0.4, -0.2) is 21.3 Å². The molecule has 1 N–H and O–H groups in total. The zero-order valence-corrected chi connectivity index (χ0v) is 6.20. The van der Waals surface area contributed by atoms with Gasteiger partial charge in [0.1, 0.15) is 4.99 Å². The van der Waals surface area contributed by atoms with Crippen molar-refractivity contribution in [2.45, 2.75) is 26.8 Å². The van der Waals surface area contributed by atoms with Crippen molar-refractivity contribution in [1.82, 2.24) is 5.06 Å². The van der Waals surface area contributed by atoms with Crippen molar-refractivity contribution in [2.75, 3.05) is 0 Å². The van der Waals surface area contributed by atoms with Crippen molar-refractivity contribution >= 4 is 17.2 Å². The van der Waals surface area contributed by atoms with Gasteiger partial charge in [0.15, 0.2) is 0 Å². The molecule has 0 aliphatic rings. The van der Waals surface area contributed by atoms with Gasteiger partial charge < -0.3 is 0 Å². The summed E-state index contributed by atoms with van der Waals surface area (Å²) in [5, 5.41) is 9.96. The molecule has 8 heavy (non-hydrogen) atoms. The van der Waals surface area contributed by atoms with E-state index in [0.29, 0.717) is 4.99 Å². The highest BCUT2D eigenvalue weighted by atomic mass is 32.1. The molecule has 0 aromatic rings. The number of hydrogen-bond donors (Lipinski definition) is 1. The number of hydrogen-bond acceptors (Lipinski definition) is 2. The lowest BCUT2D eigenvalue weighted by molar-refractivity contribution is -0.0396. The van der Waals surface area contributed by atoms with E-state index in [9.17, 15) is 0 Å². The molecule has 0 spiro atoms. The van der Waals surface area contributed by atoms with Crippen LogP contribution in [0.1, 0.15) is 20.8 Å². The molecule has 0 aromatic carbocycles. The van der Waals surface area contributed by atoms with Crippen LogP contribution in [0.4, 0.5) is 0 Å². The third kappa shape index (κ3) is 2.23. The minimum atomic E-state index is 0.0903. The molecular weight excluding hydrogens is 122 g/mol. The zero-order chi connectivity index (χ0) is 6.73. The van der Waals surface area contributed by atoms with Gasteiger partial charge in [-0.2, -0.15) is 0 Å². The first-order valence-corrected chi connectivity index (χ1v) is 2.95. The van der Waals surface area contributed by atoms with E-state index < -0.39 is 0 Å². The Labute approximate surface area is 55.1 Å². The molecule has 48 valence electrons. The van der Waals surface area contributed by atoms with Crippen molar-refractivity contribution in [1.29, 1.82) is 0 Å². The number of nitrogens with zero attached hydrogens (tertiary/aromatic N) is 1. The second kappa shape index (κ2) is 2.99. The highest BCUT2D eigenvalue weighted by Gasteiger charge is 2.03. The largest absolute Gasteiger partial charge is 0.288 e. The van der Waals surface area contributed by atoms with Crippen LogP contribution in [0.15, 0.2) is 0 Å². The second-order valence-electron chi connectivity index (χ2n) is 1.96. The molecule has 0 aromatic heterocycles. The van der Waals surface area contributed by atoms with Crippen molar-refractivity contribution in [2.24, 2.45) is 0 Å². The van der Waals surface area contributed by atoms with Crippen LogP contribution >= 0.6 is 12.2 Å². The predicted octanol–water partition coefficient (Wildman–Crippen LogP) is 1.43. The van der Waals surface area contributed by atoms with Crippen LogP contribution in [0.2, 0.25) is 0 Å². The lowest BCUT2D eigenvalue weighted by Crippen LogP contribution is -2.30. The zero-order valence-electron chi connectivity index (χ0n) is 5.38. The molecule has 0 atom stereocenters. The van der Waals surface area contributed by atoms with E-state index in [1.54, 1.807) is 6.92 Å². The maximum Gasteiger partial charge on any atom is 0.101 e. The first-order valence-electron chi connectivity index (χ1n) is 2.54. The van der Waals surface area contributed by atoms with Crippen LogP contribution in [0.5, 0.6) is 0 Å². The van der Waals surface area contributed by atoms with Gasteiger partial charge in [0.25, 0.3) is 0 Å². The second-order valence-corrected chi connectivity index (χ2v) is 2.55. The average Bonchev–Trinajstić information content (AvgIpc) is 1.64. The van der Waals surface area contributed by atoms with E-state index in [0.717, 1.165) is 5.06 Å². The average molecular weight is 133 g/mol. The van der Waals surface area contributed by atoms with Crippen molar-refractivity contribution in [3.05, 3.63) is 0 Å². The maximum atomic E-state index is 8.90. The molecule has 0 saturated carbocycles. The number of hydroxylamine groups is 2. The highest BCUT2D eigenvalue weighted by Crippen LogP contribution is 1.93. The fourth-order valence-electron chi connectivity index (χ4n) is 0.364. The Kier molecular flexibility index (Phi) is 2.94. The standard InChI is InChI=1S/C5H11NOS/c1-4(2)6(7)5(3)8/h4,7H,1-3H3. The normalized spacial score (nSPS) is 9.62. The fourth-order valence-corrected chi connectivity index (χ4v) is 0.574. The fraction of sp³-hybridized carbons (Fsp3) is 0.800. The number of rotatable bonds is 1. The lowest BCUT2D eigenvalue weighted by atomic mass is 10.4. The van der Waals surface area contributed by atoms with E-state index in [-0.39, 0.29) is 6.04 Å². The monoisotopic (exact) mass is 133 g/mol. The van der Waals surface area contributed by atoms with Crippen LogP contribution in [0, 0.1) is 0 Å². The summed E-state index contributed by atoms with van der Waals surface area (Å²) in [5.41, 5.74) is 0. The van der Waals surface area contributed by atoms with E-state index in [1.165, 1.54) is 0 Å². The first-order chi connectivity index (χ1) is 3.55. The third-order valence-corrected chi connectivity index (χ3v) is 0.999. The molecule has 0 bridgehead atoms. The molecule has 0 fully saturated rings. The maximum absolute atomic E-state index is 8.90. The van der Waals surface area contributed by atoms with E-state index >= 15 is 0 Å². The summed E-state index contributed by atoms with van der Waals surface area (Å²) in [6.07, 6.45) is 0. The van der Waals surface area contributed by atoms with Crippen LogP contribution in [0.25, 0.3) is 0 Å². The van der Waals surface area contributed by atoms with Gasteiger partial charge in [-0.05, 0) is 20.8 Å². The highest BCUT2D eigenvalue weighted by molar-refractivity contribution is 7.80. The van der Waals surface area contributed by atoms with Crippen molar-refractivity contribution < 1.29 is 5.21 Å². The molecule has 0 amide bonds.